The molecule has 3 aromatic heterocycles. The van der Waals surface area contributed by atoms with Gasteiger partial charge in [0.05, 0.1) is 46.6 Å². The summed E-state index contributed by atoms with van der Waals surface area (Å²) in [6, 6.07) is 12.6. The van der Waals surface area contributed by atoms with E-state index in [0.717, 1.165) is 35.8 Å². The Morgan fingerprint density at radius 1 is 1.05 bits per heavy atom. The molecule has 1 saturated heterocycles. The summed E-state index contributed by atoms with van der Waals surface area (Å²) >= 11 is 12.4. The number of imidazole rings is 2. The molecule has 0 atom stereocenters. The number of halogens is 5. The van der Waals surface area contributed by atoms with Gasteiger partial charge in [0.2, 0.25) is 0 Å². The molecule has 0 aliphatic carbocycles. The van der Waals surface area contributed by atoms with Crippen molar-refractivity contribution in [2.75, 3.05) is 30.0 Å². The van der Waals surface area contributed by atoms with Crippen molar-refractivity contribution in [1.82, 2.24) is 24.6 Å². The summed E-state index contributed by atoms with van der Waals surface area (Å²) in [5.74, 6) is 1.74. The Labute approximate surface area is 230 Å². The van der Waals surface area contributed by atoms with E-state index >= 15 is 0 Å². The zero-order valence-corrected chi connectivity index (χ0v) is 22.1. The fourth-order valence-corrected chi connectivity index (χ4v) is 4.88. The van der Waals surface area contributed by atoms with Gasteiger partial charge in [0, 0.05) is 25.7 Å². The van der Waals surface area contributed by atoms with E-state index in [1.807, 2.05) is 34.1 Å². The highest BCUT2D eigenvalue weighted by Crippen LogP contribution is 2.35. The van der Waals surface area contributed by atoms with Crippen molar-refractivity contribution in [2.24, 2.45) is 0 Å². The summed E-state index contributed by atoms with van der Waals surface area (Å²) in [6.07, 6.45) is -2.84. The monoisotopic (exact) mass is 575 g/mol. The van der Waals surface area contributed by atoms with Gasteiger partial charge in [-0.1, -0.05) is 35.3 Å². The highest BCUT2D eigenvalue weighted by atomic mass is 35.5. The second kappa shape index (κ2) is 9.80. The maximum atomic E-state index is 13.9. The summed E-state index contributed by atoms with van der Waals surface area (Å²) in [5.41, 5.74) is 1.91. The number of nitrogens with one attached hydrogen (secondary N) is 1. The number of rotatable bonds is 7. The maximum Gasteiger partial charge on any atom is 0.435 e. The zero-order chi connectivity index (χ0) is 27.3. The summed E-state index contributed by atoms with van der Waals surface area (Å²) in [6.45, 7) is 2.04. The van der Waals surface area contributed by atoms with E-state index in [4.69, 9.17) is 27.9 Å². The zero-order valence-electron chi connectivity index (χ0n) is 20.6. The molecule has 0 radical (unpaired) electrons. The third kappa shape index (κ3) is 4.92. The molecule has 1 aliphatic rings. The molecule has 6 rings (SSSR count). The number of nitrogens with zero attached hydrogens (tertiary/aromatic N) is 6. The van der Waals surface area contributed by atoms with E-state index in [1.165, 1.54) is 0 Å². The van der Waals surface area contributed by atoms with Gasteiger partial charge in [0.15, 0.2) is 17.2 Å². The van der Waals surface area contributed by atoms with E-state index in [2.05, 4.69) is 20.1 Å². The maximum absolute atomic E-state index is 13.9. The van der Waals surface area contributed by atoms with Crippen molar-refractivity contribution in [2.45, 2.75) is 25.7 Å². The molecule has 5 aromatic rings. The van der Waals surface area contributed by atoms with E-state index in [0.29, 0.717) is 50.7 Å². The molecule has 1 N–H and O–H groups in total. The van der Waals surface area contributed by atoms with Crippen molar-refractivity contribution in [3.05, 3.63) is 75.8 Å². The van der Waals surface area contributed by atoms with Crippen LogP contribution < -0.4 is 14.5 Å². The van der Waals surface area contributed by atoms with Crippen molar-refractivity contribution in [3.8, 4) is 5.75 Å². The number of H-pyrrole nitrogens is 1. The largest absolute Gasteiger partial charge is 0.497 e. The number of aromatic amines is 1. The molecule has 0 amide bonds. The van der Waals surface area contributed by atoms with Crippen LogP contribution in [0.5, 0.6) is 5.75 Å². The van der Waals surface area contributed by atoms with Gasteiger partial charge < -0.3 is 19.5 Å². The van der Waals surface area contributed by atoms with Crippen LogP contribution in [0.4, 0.5) is 24.7 Å². The average Bonchev–Trinajstić information content (AvgIpc) is 3.46. The predicted molar refractivity (Wildman–Crippen MR) is 144 cm³/mol. The lowest BCUT2D eigenvalue weighted by atomic mass is 10.2. The van der Waals surface area contributed by atoms with Crippen LogP contribution >= 0.6 is 23.2 Å². The first-order chi connectivity index (χ1) is 18.7. The number of methoxy groups -OCH3 is 1. The van der Waals surface area contributed by atoms with Crippen LogP contribution in [0.25, 0.3) is 16.7 Å². The number of hydrogen-bond acceptors (Lipinski definition) is 6. The number of alkyl halides is 3. The Morgan fingerprint density at radius 3 is 2.46 bits per heavy atom. The quantitative estimate of drug-likeness (QED) is 0.243. The van der Waals surface area contributed by atoms with Gasteiger partial charge >= 0.3 is 6.18 Å². The second-order valence-electron chi connectivity index (χ2n) is 9.28. The summed E-state index contributed by atoms with van der Waals surface area (Å²) < 4.78 is 47.8. The minimum absolute atomic E-state index is 0.0994. The Hall–Kier alpha value is -3.70. The lowest BCUT2D eigenvalue weighted by Gasteiger charge is -2.33. The highest BCUT2D eigenvalue weighted by Gasteiger charge is 2.36. The fraction of sp³-hybridized carbons (Fsp3) is 0.269. The first kappa shape index (κ1) is 25.6. The molecule has 2 aromatic carbocycles. The normalized spacial score (nSPS) is 13.7. The van der Waals surface area contributed by atoms with Gasteiger partial charge in [0.25, 0.3) is 0 Å². The predicted octanol–water partition coefficient (Wildman–Crippen LogP) is 6.36. The van der Waals surface area contributed by atoms with Crippen molar-refractivity contribution in [1.29, 1.82) is 0 Å². The van der Waals surface area contributed by atoms with E-state index in [9.17, 15) is 13.2 Å². The average molecular weight is 576 g/mol. The van der Waals surface area contributed by atoms with E-state index in [-0.39, 0.29) is 12.2 Å². The van der Waals surface area contributed by atoms with Crippen molar-refractivity contribution >= 4 is 51.4 Å². The van der Waals surface area contributed by atoms with Crippen LogP contribution in [-0.2, 0) is 19.3 Å². The number of ether oxygens (including phenoxy) is 1. The second-order valence-corrected chi connectivity index (χ2v) is 10.1. The van der Waals surface area contributed by atoms with Gasteiger partial charge in [-0.05, 0) is 36.2 Å². The van der Waals surface area contributed by atoms with E-state index in [1.54, 1.807) is 25.3 Å². The molecule has 39 heavy (non-hydrogen) atoms. The molecule has 0 saturated carbocycles. The smallest absolute Gasteiger partial charge is 0.435 e. The molecule has 0 bridgehead atoms. The molecule has 1 aliphatic heterocycles. The molecule has 13 heteroatoms. The first-order valence-corrected chi connectivity index (χ1v) is 12.9. The van der Waals surface area contributed by atoms with Gasteiger partial charge in [-0.2, -0.15) is 13.2 Å². The van der Waals surface area contributed by atoms with Crippen LogP contribution in [0.3, 0.4) is 0 Å². The summed E-state index contributed by atoms with van der Waals surface area (Å²) in [4.78, 5) is 16.0. The summed E-state index contributed by atoms with van der Waals surface area (Å²) in [7, 11) is 1.59. The minimum atomic E-state index is -4.62. The molecule has 0 spiro atoms. The number of benzene rings is 2. The van der Waals surface area contributed by atoms with Crippen LogP contribution in [-0.4, -0.2) is 44.8 Å². The lowest BCUT2D eigenvalue weighted by Crippen LogP contribution is -2.38. The van der Waals surface area contributed by atoms with Crippen molar-refractivity contribution in [3.63, 3.8) is 0 Å². The van der Waals surface area contributed by atoms with Crippen LogP contribution in [0.1, 0.15) is 23.5 Å². The third-order valence-corrected chi connectivity index (χ3v) is 7.41. The number of fused-ring (bicyclic) bond motifs is 2. The van der Waals surface area contributed by atoms with Gasteiger partial charge in [-0.15, -0.1) is 5.10 Å². The Bertz CT molecular complexity index is 1620. The topological polar surface area (TPSA) is 74.6 Å². The Morgan fingerprint density at radius 2 is 1.79 bits per heavy atom. The van der Waals surface area contributed by atoms with Crippen molar-refractivity contribution < 1.29 is 17.9 Å². The number of aromatic nitrogens is 5. The lowest BCUT2D eigenvalue weighted by molar-refractivity contribution is -0.142. The third-order valence-electron chi connectivity index (χ3n) is 6.69. The first-order valence-electron chi connectivity index (χ1n) is 12.1. The molecule has 1 fully saturated rings. The standard InChI is InChI=1S/C26H22Cl2F3N7O/c1-39-16-5-3-15(4-6-16)13-37(14-23-33-19-9-17(27)18(28)10-20(19)34-23)21-11-24(36-7-2-8-36)35-38-22(26(29,30)31)12-32-25(21)38/h3-6,9-12H,2,7-8,13-14H2,1H3,(H,33,34). The molecular formula is C26H22Cl2F3N7O. The SMILES string of the molecule is COc1ccc(CN(Cc2nc3cc(Cl)c(Cl)cc3[nH]2)c2cc(N3CCC3)nn3c(C(F)(F)F)cnc23)cc1. The van der Waals surface area contributed by atoms with Crippen LogP contribution in [0.2, 0.25) is 10.0 Å². The fourth-order valence-electron chi connectivity index (χ4n) is 4.56. The van der Waals surface area contributed by atoms with E-state index < -0.39 is 11.9 Å². The Balaban J connectivity index is 1.48. The molecular weight excluding hydrogens is 554 g/mol. The van der Waals surface area contributed by atoms with Crippen LogP contribution in [0.15, 0.2) is 48.7 Å². The van der Waals surface area contributed by atoms with Gasteiger partial charge in [-0.25, -0.2) is 14.5 Å². The number of hydrogen-bond donors (Lipinski definition) is 1. The molecule has 8 nitrogen and oxygen atoms in total. The summed E-state index contributed by atoms with van der Waals surface area (Å²) in [5, 5.41) is 5.09. The van der Waals surface area contributed by atoms with Gasteiger partial charge in [0.1, 0.15) is 11.6 Å². The Kier molecular flexibility index (Phi) is 6.43. The van der Waals surface area contributed by atoms with Gasteiger partial charge in [-0.3, -0.25) is 0 Å². The molecule has 4 heterocycles. The van der Waals surface area contributed by atoms with Crippen LogP contribution in [0, 0.1) is 0 Å². The molecule has 202 valence electrons. The minimum Gasteiger partial charge on any atom is -0.497 e. The number of anilines is 2. The molecule has 0 unspecified atom stereocenters. The highest BCUT2D eigenvalue weighted by molar-refractivity contribution is 6.42.